The van der Waals surface area contributed by atoms with Crippen LogP contribution in [-0.4, -0.2) is 49.5 Å². The number of rotatable bonds is 6. The Morgan fingerprint density at radius 1 is 1.06 bits per heavy atom. The highest BCUT2D eigenvalue weighted by molar-refractivity contribution is 7.99. The van der Waals surface area contributed by atoms with E-state index in [0.29, 0.717) is 29.0 Å². The van der Waals surface area contributed by atoms with Gasteiger partial charge in [0.25, 0.3) is 0 Å². The second-order valence-electron chi connectivity index (χ2n) is 8.69. The van der Waals surface area contributed by atoms with E-state index < -0.39 is 6.36 Å². The number of halogens is 3. The van der Waals surface area contributed by atoms with Gasteiger partial charge in [-0.15, -0.1) is 13.2 Å². The first-order valence-electron chi connectivity index (χ1n) is 11.3. The number of alkyl halides is 3. The minimum atomic E-state index is -4.73. The van der Waals surface area contributed by atoms with E-state index in [1.807, 2.05) is 11.8 Å². The second-order valence-corrected chi connectivity index (χ2v) is 9.84. The highest BCUT2D eigenvalue weighted by atomic mass is 32.2. The number of imidazole rings is 1. The standard InChI is InChI=1S/C22H26F3N7OS/c23-22(24,25)33-17-7-5-14(6-8-17)28-19-18-20(32(12-27-18)16-9-10-34-11-16)31-21(30-19)29-15-3-1-13(26)2-4-15/h5-8,12-13,15-16H,1-4,9-11,26H2,(H2,28,29,30,31). The molecule has 0 amide bonds. The molecule has 1 unspecified atom stereocenters. The number of hydrogen-bond donors (Lipinski definition) is 3. The fourth-order valence-electron chi connectivity index (χ4n) is 4.40. The molecule has 1 saturated heterocycles. The van der Waals surface area contributed by atoms with Crippen molar-refractivity contribution in [3.8, 4) is 5.75 Å². The summed E-state index contributed by atoms with van der Waals surface area (Å²) in [6.07, 6.45) is 1.92. The smallest absolute Gasteiger partial charge is 0.406 e. The number of ether oxygens (including phenoxy) is 1. The predicted octanol–water partition coefficient (Wildman–Crippen LogP) is 4.83. The lowest BCUT2D eigenvalue weighted by Gasteiger charge is -2.27. The van der Waals surface area contributed by atoms with E-state index in [-0.39, 0.29) is 17.8 Å². The summed E-state index contributed by atoms with van der Waals surface area (Å²) < 4.78 is 43.5. The number of benzene rings is 1. The summed E-state index contributed by atoms with van der Waals surface area (Å²) in [7, 11) is 0. The summed E-state index contributed by atoms with van der Waals surface area (Å²) in [6.45, 7) is 0. The molecule has 2 aromatic heterocycles. The molecule has 1 aromatic carbocycles. The summed E-state index contributed by atoms with van der Waals surface area (Å²) in [5, 5.41) is 6.65. The molecule has 0 bridgehead atoms. The van der Waals surface area contributed by atoms with Crippen molar-refractivity contribution in [2.75, 3.05) is 22.1 Å². The molecule has 3 aromatic rings. The first-order chi connectivity index (χ1) is 16.3. The molecule has 1 atom stereocenters. The Kier molecular flexibility index (Phi) is 6.43. The lowest BCUT2D eigenvalue weighted by molar-refractivity contribution is -0.274. The first kappa shape index (κ1) is 23.0. The maximum Gasteiger partial charge on any atom is 0.573 e. The van der Waals surface area contributed by atoms with Crippen molar-refractivity contribution in [1.82, 2.24) is 19.5 Å². The molecule has 4 N–H and O–H groups in total. The summed E-state index contributed by atoms with van der Waals surface area (Å²) in [6, 6.07) is 6.33. The van der Waals surface area contributed by atoms with Gasteiger partial charge in [-0.1, -0.05) is 0 Å². The van der Waals surface area contributed by atoms with E-state index in [1.54, 1.807) is 6.33 Å². The topological polar surface area (TPSA) is 103 Å². The van der Waals surface area contributed by atoms with Gasteiger partial charge >= 0.3 is 6.36 Å². The van der Waals surface area contributed by atoms with Crippen molar-refractivity contribution in [2.45, 2.75) is 56.6 Å². The average molecular weight is 494 g/mol. The van der Waals surface area contributed by atoms with Crippen molar-refractivity contribution in [3.63, 3.8) is 0 Å². The lowest BCUT2D eigenvalue weighted by atomic mass is 9.92. The molecule has 3 heterocycles. The zero-order chi connectivity index (χ0) is 23.7. The monoisotopic (exact) mass is 493 g/mol. The molecule has 12 heteroatoms. The Morgan fingerprint density at radius 3 is 2.50 bits per heavy atom. The predicted molar refractivity (Wildman–Crippen MR) is 127 cm³/mol. The first-order valence-corrected chi connectivity index (χ1v) is 12.5. The Bertz CT molecular complexity index is 1120. The Hall–Kier alpha value is -2.73. The van der Waals surface area contributed by atoms with Crippen LogP contribution >= 0.6 is 11.8 Å². The van der Waals surface area contributed by atoms with E-state index in [9.17, 15) is 13.2 Å². The van der Waals surface area contributed by atoms with Gasteiger partial charge in [0.1, 0.15) is 5.75 Å². The number of fused-ring (bicyclic) bond motifs is 1. The summed E-state index contributed by atoms with van der Waals surface area (Å²) >= 11 is 1.91. The number of aromatic nitrogens is 4. The summed E-state index contributed by atoms with van der Waals surface area (Å²) in [5.41, 5.74) is 7.95. The van der Waals surface area contributed by atoms with E-state index >= 15 is 0 Å². The zero-order valence-electron chi connectivity index (χ0n) is 18.4. The highest BCUT2D eigenvalue weighted by Crippen LogP contribution is 2.33. The molecule has 8 nitrogen and oxygen atoms in total. The van der Waals surface area contributed by atoms with E-state index in [0.717, 1.165) is 49.3 Å². The van der Waals surface area contributed by atoms with Crippen LogP contribution in [0.4, 0.5) is 30.6 Å². The molecular weight excluding hydrogens is 467 g/mol. The largest absolute Gasteiger partial charge is 0.573 e. The van der Waals surface area contributed by atoms with E-state index in [1.165, 1.54) is 24.3 Å². The van der Waals surface area contributed by atoms with Crippen LogP contribution in [0.1, 0.15) is 38.1 Å². The number of nitrogens with zero attached hydrogens (tertiary/aromatic N) is 4. The molecule has 2 fully saturated rings. The van der Waals surface area contributed by atoms with Gasteiger partial charge < -0.3 is 25.7 Å². The minimum absolute atomic E-state index is 0.238. The Morgan fingerprint density at radius 2 is 1.82 bits per heavy atom. The summed E-state index contributed by atoms with van der Waals surface area (Å²) in [5.74, 6) is 2.81. The van der Waals surface area contributed by atoms with Crippen LogP contribution in [0, 0.1) is 0 Å². The average Bonchev–Trinajstić information content (AvgIpc) is 3.46. The third-order valence-corrected chi connectivity index (χ3v) is 7.32. The number of thioether (sulfide) groups is 1. The van der Waals surface area contributed by atoms with Crippen molar-refractivity contribution < 1.29 is 17.9 Å². The van der Waals surface area contributed by atoms with Gasteiger partial charge in [-0.05, 0) is 62.1 Å². The fraction of sp³-hybridized carbons (Fsp3) is 0.500. The number of hydrogen-bond acceptors (Lipinski definition) is 8. The van der Waals surface area contributed by atoms with Crippen LogP contribution in [0.3, 0.4) is 0 Å². The number of nitrogens with one attached hydrogen (secondary N) is 2. The third-order valence-electron chi connectivity index (χ3n) is 6.18. The molecule has 0 spiro atoms. The van der Waals surface area contributed by atoms with Gasteiger partial charge in [0, 0.05) is 29.6 Å². The molecular formula is C22H26F3N7OS. The maximum atomic E-state index is 12.5. The van der Waals surface area contributed by atoms with Gasteiger partial charge in [0.05, 0.1) is 6.33 Å². The Balaban J connectivity index is 1.44. The van der Waals surface area contributed by atoms with Crippen LogP contribution in [0.2, 0.25) is 0 Å². The molecule has 1 aliphatic heterocycles. The number of anilines is 3. The maximum absolute atomic E-state index is 12.5. The molecule has 5 rings (SSSR count). The van der Waals surface area contributed by atoms with Crippen LogP contribution in [-0.2, 0) is 0 Å². The normalized spacial score (nSPS) is 23.2. The highest BCUT2D eigenvalue weighted by Gasteiger charge is 2.31. The van der Waals surface area contributed by atoms with Gasteiger partial charge in [-0.3, -0.25) is 0 Å². The second kappa shape index (κ2) is 9.49. The lowest BCUT2D eigenvalue weighted by Crippen LogP contribution is -2.33. The third kappa shape index (κ3) is 5.33. The molecule has 2 aliphatic rings. The Labute approximate surface area is 198 Å². The molecule has 1 aliphatic carbocycles. The van der Waals surface area contributed by atoms with Gasteiger partial charge in [-0.2, -0.15) is 21.7 Å². The van der Waals surface area contributed by atoms with Gasteiger partial charge in [-0.25, -0.2) is 4.98 Å². The number of nitrogens with two attached hydrogens (primary N) is 1. The molecule has 182 valence electrons. The fourth-order valence-corrected chi connectivity index (χ4v) is 5.60. The van der Waals surface area contributed by atoms with Gasteiger partial charge in [0.15, 0.2) is 17.0 Å². The van der Waals surface area contributed by atoms with Crippen LogP contribution < -0.4 is 21.1 Å². The minimum Gasteiger partial charge on any atom is -0.406 e. The van der Waals surface area contributed by atoms with Crippen molar-refractivity contribution in [3.05, 3.63) is 30.6 Å². The van der Waals surface area contributed by atoms with Crippen molar-refractivity contribution in [2.24, 2.45) is 5.73 Å². The van der Waals surface area contributed by atoms with Crippen LogP contribution in [0.25, 0.3) is 11.2 Å². The van der Waals surface area contributed by atoms with E-state index in [4.69, 9.17) is 10.7 Å². The molecule has 1 saturated carbocycles. The SMILES string of the molecule is NC1CCC(Nc2nc(Nc3ccc(OC(F)(F)F)cc3)c3ncn(C4CCSC4)c3n2)CC1. The van der Waals surface area contributed by atoms with Crippen LogP contribution in [0.15, 0.2) is 30.6 Å². The van der Waals surface area contributed by atoms with Crippen molar-refractivity contribution >= 4 is 40.4 Å². The molecule has 34 heavy (non-hydrogen) atoms. The summed E-state index contributed by atoms with van der Waals surface area (Å²) in [4.78, 5) is 14.0. The van der Waals surface area contributed by atoms with Crippen LogP contribution in [0.5, 0.6) is 5.75 Å². The molecule has 0 radical (unpaired) electrons. The quantitative estimate of drug-likeness (QED) is 0.449. The zero-order valence-corrected chi connectivity index (χ0v) is 19.2. The van der Waals surface area contributed by atoms with Crippen molar-refractivity contribution in [1.29, 1.82) is 0 Å². The van der Waals surface area contributed by atoms with E-state index in [2.05, 4.69) is 29.9 Å². The van der Waals surface area contributed by atoms with Gasteiger partial charge in [0.2, 0.25) is 5.95 Å².